The second-order valence-electron chi connectivity index (χ2n) is 10.3. The van der Waals surface area contributed by atoms with Gasteiger partial charge in [0.05, 0.1) is 19.4 Å². The second-order valence-corrected chi connectivity index (χ2v) is 10.3. The van der Waals surface area contributed by atoms with E-state index < -0.39 is 42.4 Å². The Balaban J connectivity index is 3.77. The molecule has 0 aliphatic heterocycles. The van der Waals surface area contributed by atoms with Crippen molar-refractivity contribution in [3.8, 4) is 0 Å². The molecule has 0 saturated carbocycles. The summed E-state index contributed by atoms with van der Waals surface area (Å²) in [7, 11) is 0. The largest absolute Gasteiger partial charge is 0.481 e. The van der Waals surface area contributed by atoms with E-state index >= 15 is 0 Å². The van der Waals surface area contributed by atoms with Gasteiger partial charge in [0.2, 0.25) is 0 Å². The van der Waals surface area contributed by atoms with Gasteiger partial charge in [0.25, 0.3) is 0 Å². The summed E-state index contributed by atoms with van der Waals surface area (Å²) in [6.45, 7) is 9.44. The first-order valence-electron chi connectivity index (χ1n) is 14.6. The van der Waals surface area contributed by atoms with Crippen molar-refractivity contribution in [2.75, 3.05) is 32.8 Å². The first-order valence-corrected chi connectivity index (χ1v) is 14.6. The first kappa shape index (κ1) is 36.8. The van der Waals surface area contributed by atoms with Crippen LogP contribution < -0.4 is 16.0 Å². The van der Waals surface area contributed by atoms with Gasteiger partial charge in [-0.25, -0.2) is 0 Å². The molecule has 0 radical (unpaired) electrons. The molecule has 0 aromatic heterocycles. The lowest BCUT2D eigenvalue weighted by molar-refractivity contribution is -0.152. The Hall–Kier alpha value is -2.24. The fourth-order valence-corrected chi connectivity index (χ4v) is 4.32. The summed E-state index contributed by atoms with van der Waals surface area (Å²) in [6.07, 6.45) is 9.84. The van der Waals surface area contributed by atoms with Crippen molar-refractivity contribution in [2.45, 2.75) is 116 Å². The lowest BCUT2D eigenvalue weighted by Gasteiger charge is -2.29. The second kappa shape index (κ2) is 22.6. The predicted molar refractivity (Wildman–Crippen MR) is 150 cm³/mol. The topological polar surface area (TPSA) is 174 Å². The number of esters is 1. The van der Waals surface area contributed by atoms with Crippen LogP contribution >= 0.6 is 0 Å². The summed E-state index contributed by atoms with van der Waals surface area (Å²) in [5.74, 6) is -3.78. The molecule has 39 heavy (non-hydrogen) atoms. The zero-order chi connectivity index (χ0) is 29.5. The fourth-order valence-electron chi connectivity index (χ4n) is 4.32. The van der Waals surface area contributed by atoms with Gasteiger partial charge in [-0.05, 0) is 71.1 Å². The van der Waals surface area contributed by atoms with Crippen LogP contribution in [0.4, 0.5) is 0 Å². The van der Waals surface area contributed by atoms with Gasteiger partial charge < -0.3 is 36.0 Å². The maximum absolute atomic E-state index is 12.2. The van der Waals surface area contributed by atoms with E-state index in [1.807, 2.05) is 0 Å². The highest BCUT2D eigenvalue weighted by atomic mass is 16.5. The van der Waals surface area contributed by atoms with Crippen molar-refractivity contribution in [3.05, 3.63) is 0 Å². The lowest BCUT2D eigenvalue weighted by Crippen LogP contribution is -2.40. The van der Waals surface area contributed by atoms with Gasteiger partial charge >= 0.3 is 23.9 Å². The number of rotatable bonds is 27. The van der Waals surface area contributed by atoms with E-state index in [2.05, 4.69) is 36.7 Å². The molecule has 0 spiro atoms. The Morgan fingerprint density at radius 1 is 0.641 bits per heavy atom. The van der Waals surface area contributed by atoms with Crippen molar-refractivity contribution < 1.29 is 39.2 Å². The maximum atomic E-state index is 12.2. The quantitative estimate of drug-likeness (QED) is 0.0643. The molecule has 0 bridgehead atoms. The van der Waals surface area contributed by atoms with E-state index in [1.165, 1.54) is 0 Å². The average molecular weight is 560 g/mol. The maximum Gasteiger partial charge on any atom is 0.321 e. The Labute approximate surface area is 233 Å². The molecule has 2 atom stereocenters. The van der Waals surface area contributed by atoms with Gasteiger partial charge in [-0.1, -0.05) is 46.5 Å². The third kappa shape index (κ3) is 18.6. The first-order chi connectivity index (χ1) is 18.6. The molecule has 0 amide bonds. The van der Waals surface area contributed by atoms with Crippen LogP contribution in [0.1, 0.15) is 104 Å². The van der Waals surface area contributed by atoms with Crippen LogP contribution in [0.25, 0.3) is 0 Å². The van der Waals surface area contributed by atoms with Crippen LogP contribution in [-0.2, 0) is 23.9 Å². The molecule has 0 saturated heterocycles. The number of carboxylic acid groups (broad SMARTS) is 3. The van der Waals surface area contributed by atoms with Crippen LogP contribution in [0, 0.1) is 5.41 Å². The number of nitrogens with one attached hydrogen (secondary N) is 3. The van der Waals surface area contributed by atoms with Crippen LogP contribution in [-0.4, -0.2) is 84.1 Å². The molecule has 11 heteroatoms. The minimum Gasteiger partial charge on any atom is -0.481 e. The number of carbonyl (C=O) groups excluding carboxylic acids is 1. The number of hydrogen-bond acceptors (Lipinski definition) is 8. The predicted octanol–water partition coefficient (Wildman–Crippen LogP) is 3.41. The number of carbonyl (C=O) groups is 4. The van der Waals surface area contributed by atoms with Crippen molar-refractivity contribution >= 4 is 23.9 Å². The molecular weight excluding hydrogens is 506 g/mol. The third-order valence-corrected chi connectivity index (χ3v) is 7.48. The Morgan fingerprint density at radius 3 is 1.44 bits per heavy atom. The van der Waals surface area contributed by atoms with Gasteiger partial charge in [-0.2, -0.15) is 0 Å². The molecule has 0 aromatic rings. The molecule has 0 fully saturated rings. The van der Waals surface area contributed by atoms with E-state index in [1.54, 1.807) is 0 Å². The zero-order valence-electron chi connectivity index (χ0n) is 24.3. The van der Waals surface area contributed by atoms with E-state index in [9.17, 15) is 24.3 Å². The van der Waals surface area contributed by atoms with Crippen LogP contribution in [0.2, 0.25) is 0 Å². The molecule has 11 nitrogen and oxygen atoms in total. The van der Waals surface area contributed by atoms with Crippen molar-refractivity contribution in [2.24, 2.45) is 5.41 Å². The Kier molecular flexibility index (Phi) is 21.3. The molecule has 0 aromatic carbocycles. The summed E-state index contributed by atoms with van der Waals surface area (Å²) in [5.41, 5.74) is -0.0326. The SMILES string of the molecule is CCC(CC)(CC)COC(=O)CC(NCCCCCCNCCCCCCNC(CC(=O)O)C(=O)O)C(=O)O. The molecule has 0 rings (SSSR count). The lowest BCUT2D eigenvalue weighted by atomic mass is 9.81. The molecule has 2 unspecified atom stereocenters. The fraction of sp³-hybridized carbons (Fsp3) is 0.857. The summed E-state index contributed by atoms with van der Waals surface area (Å²) < 4.78 is 5.42. The standard InChI is InChI=1S/C28H53N3O8/c1-4-28(5-2,6-3)21-39-25(34)20-23(27(37)38)31-18-14-10-8-12-16-29-15-11-7-9-13-17-30-22(26(35)36)19-24(32)33/h22-23,29-31H,4-21H2,1-3H3,(H,32,33)(H,35,36)(H,37,38). The normalized spacial score (nSPS) is 13.1. The van der Waals surface area contributed by atoms with E-state index in [4.69, 9.17) is 14.9 Å². The minimum atomic E-state index is -1.14. The number of ether oxygens (including phenoxy) is 1. The number of unbranched alkanes of at least 4 members (excludes halogenated alkanes) is 6. The van der Waals surface area contributed by atoms with E-state index in [-0.39, 0.29) is 11.8 Å². The summed E-state index contributed by atoms with van der Waals surface area (Å²) in [6, 6.07) is -1.97. The molecule has 0 aliphatic rings. The van der Waals surface area contributed by atoms with E-state index in [0.29, 0.717) is 19.7 Å². The van der Waals surface area contributed by atoms with Gasteiger partial charge in [0.15, 0.2) is 0 Å². The van der Waals surface area contributed by atoms with E-state index in [0.717, 1.165) is 83.7 Å². The molecular formula is C28H53N3O8. The van der Waals surface area contributed by atoms with Gasteiger partial charge in [0, 0.05) is 5.41 Å². The highest BCUT2D eigenvalue weighted by molar-refractivity contribution is 5.81. The van der Waals surface area contributed by atoms with Crippen molar-refractivity contribution in [1.29, 1.82) is 0 Å². The molecule has 6 N–H and O–H groups in total. The highest BCUT2D eigenvalue weighted by Crippen LogP contribution is 2.30. The summed E-state index contributed by atoms with van der Waals surface area (Å²) in [5, 5.41) is 36.3. The third-order valence-electron chi connectivity index (χ3n) is 7.48. The Morgan fingerprint density at radius 2 is 1.05 bits per heavy atom. The van der Waals surface area contributed by atoms with Crippen molar-refractivity contribution in [3.63, 3.8) is 0 Å². The monoisotopic (exact) mass is 559 g/mol. The van der Waals surface area contributed by atoms with Crippen molar-refractivity contribution in [1.82, 2.24) is 16.0 Å². The van der Waals surface area contributed by atoms with Crippen LogP contribution in [0.3, 0.4) is 0 Å². The highest BCUT2D eigenvalue weighted by Gasteiger charge is 2.27. The molecule has 0 heterocycles. The average Bonchev–Trinajstić information content (AvgIpc) is 2.90. The minimum absolute atomic E-state index is 0.0326. The number of carboxylic acids is 3. The number of aliphatic carboxylic acids is 3. The summed E-state index contributed by atoms with van der Waals surface area (Å²) in [4.78, 5) is 45.4. The molecule has 228 valence electrons. The van der Waals surface area contributed by atoms with Gasteiger partial charge in [0.1, 0.15) is 12.1 Å². The summed E-state index contributed by atoms with van der Waals surface area (Å²) >= 11 is 0. The number of hydrogen-bond donors (Lipinski definition) is 6. The zero-order valence-corrected chi connectivity index (χ0v) is 24.3. The smallest absolute Gasteiger partial charge is 0.321 e. The molecule has 0 aliphatic carbocycles. The van der Waals surface area contributed by atoms with Gasteiger partial charge in [-0.3, -0.25) is 19.2 Å². The van der Waals surface area contributed by atoms with Crippen LogP contribution in [0.15, 0.2) is 0 Å². The van der Waals surface area contributed by atoms with Crippen LogP contribution in [0.5, 0.6) is 0 Å². The Bertz CT molecular complexity index is 692. The van der Waals surface area contributed by atoms with Gasteiger partial charge in [-0.15, -0.1) is 0 Å².